The fourth-order valence-corrected chi connectivity index (χ4v) is 3.65. The Bertz CT molecular complexity index is 802. The van der Waals surface area contributed by atoms with Gasteiger partial charge >= 0.3 is 19.2 Å². The van der Waals surface area contributed by atoms with E-state index in [9.17, 15) is 18.1 Å². The molecule has 130 valence electrons. The summed E-state index contributed by atoms with van der Waals surface area (Å²) in [7, 11) is -4.73. The maximum atomic E-state index is 14.7. The van der Waals surface area contributed by atoms with Gasteiger partial charge < -0.3 is 14.2 Å². The lowest BCUT2D eigenvalue weighted by Crippen LogP contribution is -2.18. The van der Waals surface area contributed by atoms with E-state index in [-0.39, 0.29) is 24.4 Å². The fourth-order valence-electron chi connectivity index (χ4n) is 2.12. The standard InChI is InChI=1S/C15H16F2NO5P/c1-3-22-24(21,23-4-2)15(16,17)11-7-5-10-6-8-12(14(19)20)18-13(10)9-11/h5-9H,3-4H2,1-2H3,(H,19,20). The van der Waals surface area contributed by atoms with Crippen LogP contribution in [0.25, 0.3) is 10.9 Å². The Morgan fingerprint density at radius 3 is 2.33 bits per heavy atom. The number of alkyl halides is 2. The number of benzene rings is 1. The highest BCUT2D eigenvalue weighted by Gasteiger charge is 2.54. The van der Waals surface area contributed by atoms with Crippen molar-refractivity contribution in [3.05, 3.63) is 41.6 Å². The maximum absolute atomic E-state index is 14.7. The number of hydrogen-bond donors (Lipinski definition) is 1. The summed E-state index contributed by atoms with van der Waals surface area (Å²) in [5.41, 5.74) is -4.74. The van der Waals surface area contributed by atoms with Gasteiger partial charge in [-0.15, -0.1) is 0 Å². The van der Waals surface area contributed by atoms with Crippen LogP contribution in [0.5, 0.6) is 0 Å². The summed E-state index contributed by atoms with van der Waals surface area (Å²) in [6.45, 7) is 2.45. The third-order valence-electron chi connectivity index (χ3n) is 3.20. The van der Waals surface area contributed by atoms with Crippen molar-refractivity contribution in [2.75, 3.05) is 13.2 Å². The minimum absolute atomic E-state index is 0.0478. The highest BCUT2D eigenvalue weighted by Crippen LogP contribution is 2.66. The van der Waals surface area contributed by atoms with E-state index >= 15 is 0 Å². The van der Waals surface area contributed by atoms with Gasteiger partial charge in [-0.25, -0.2) is 9.78 Å². The third-order valence-corrected chi connectivity index (χ3v) is 5.34. The van der Waals surface area contributed by atoms with E-state index in [1.165, 1.54) is 32.0 Å². The highest BCUT2D eigenvalue weighted by atomic mass is 31.2. The van der Waals surface area contributed by atoms with Gasteiger partial charge in [0.05, 0.1) is 18.7 Å². The number of carboxylic acid groups (broad SMARTS) is 1. The Morgan fingerprint density at radius 2 is 1.79 bits per heavy atom. The Labute approximate surface area is 136 Å². The zero-order valence-corrected chi connectivity index (χ0v) is 13.9. The summed E-state index contributed by atoms with van der Waals surface area (Å²) >= 11 is 0. The first-order chi connectivity index (χ1) is 11.2. The van der Waals surface area contributed by atoms with Crippen LogP contribution in [0, 0.1) is 0 Å². The quantitative estimate of drug-likeness (QED) is 0.744. The average molecular weight is 359 g/mol. The number of rotatable bonds is 7. The van der Waals surface area contributed by atoms with Crippen LogP contribution >= 0.6 is 7.60 Å². The number of nitrogens with zero attached hydrogens (tertiary/aromatic N) is 1. The molecule has 1 heterocycles. The second-order valence-electron chi connectivity index (χ2n) is 4.78. The van der Waals surface area contributed by atoms with Crippen molar-refractivity contribution < 1.29 is 32.3 Å². The van der Waals surface area contributed by atoms with Gasteiger partial charge in [0.25, 0.3) is 0 Å². The van der Waals surface area contributed by atoms with Crippen LogP contribution in [-0.2, 0) is 19.3 Å². The lowest BCUT2D eigenvalue weighted by molar-refractivity contribution is 0.0361. The van der Waals surface area contributed by atoms with Crippen LogP contribution in [0.1, 0.15) is 29.9 Å². The molecule has 0 fully saturated rings. The van der Waals surface area contributed by atoms with Gasteiger partial charge in [0, 0.05) is 10.9 Å². The first kappa shape index (κ1) is 18.4. The topological polar surface area (TPSA) is 85.7 Å². The van der Waals surface area contributed by atoms with Gasteiger partial charge in [-0.05, 0) is 26.0 Å². The van der Waals surface area contributed by atoms with Crippen molar-refractivity contribution in [2.24, 2.45) is 0 Å². The monoisotopic (exact) mass is 359 g/mol. The predicted molar refractivity (Wildman–Crippen MR) is 83.5 cm³/mol. The molecular formula is C15H16F2NO5P. The average Bonchev–Trinajstić information content (AvgIpc) is 2.54. The number of aromatic carboxylic acids is 1. The molecule has 2 aromatic rings. The van der Waals surface area contributed by atoms with E-state index in [1.807, 2.05) is 0 Å². The van der Waals surface area contributed by atoms with Gasteiger partial charge in [0.15, 0.2) is 0 Å². The zero-order valence-electron chi connectivity index (χ0n) is 13.0. The van der Waals surface area contributed by atoms with Crippen molar-refractivity contribution in [1.82, 2.24) is 4.98 Å². The minimum Gasteiger partial charge on any atom is -0.477 e. The molecule has 2 rings (SSSR count). The maximum Gasteiger partial charge on any atom is 0.404 e. The van der Waals surface area contributed by atoms with Gasteiger partial charge in [-0.3, -0.25) is 4.57 Å². The van der Waals surface area contributed by atoms with Gasteiger partial charge in [-0.1, -0.05) is 18.2 Å². The van der Waals surface area contributed by atoms with Crippen molar-refractivity contribution in [3.63, 3.8) is 0 Å². The molecule has 0 saturated heterocycles. The summed E-state index contributed by atoms with van der Waals surface area (Å²) in [5.74, 6) is -1.27. The summed E-state index contributed by atoms with van der Waals surface area (Å²) in [6, 6.07) is 6.16. The first-order valence-corrected chi connectivity index (χ1v) is 8.71. The van der Waals surface area contributed by atoms with E-state index in [2.05, 4.69) is 4.98 Å². The minimum atomic E-state index is -4.73. The van der Waals surface area contributed by atoms with E-state index in [4.69, 9.17) is 14.2 Å². The van der Waals surface area contributed by atoms with E-state index in [0.29, 0.717) is 5.39 Å². The third kappa shape index (κ3) is 3.31. The highest BCUT2D eigenvalue weighted by molar-refractivity contribution is 7.54. The normalized spacial score (nSPS) is 12.5. The fraction of sp³-hybridized carbons (Fsp3) is 0.333. The van der Waals surface area contributed by atoms with Crippen molar-refractivity contribution in [3.8, 4) is 0 Å². The van der Waals surface area contributed by atoms with Crippen LogP contribution in [-0.4, -0.2) is 29.3 Å². The number of hydrogen-bond acceptors (Lipinski definition) is 5. The zero-order chi connectivity index (χ0) is 18.0. The Hall–Kier alpha value is -1.89. The molecule has 0 aliphatic heterocycles. The van der Waals surface area contributed by atoms with Crippen molar-refractivity contribution in [1.29, 1.82) is 0 Å². The van der Waals surface area contributed by atoms with Crippen LogP contribution < -0.4 is 0 Å². The summed E-state index contributed by atoms with van der Waals surface area (Å²) in [6.07, 6.45) is 0. The Balaban J connectivity index is 2.56. The molecule has 0 aliphatic rings. The SMILES string of the molecule is CCOP(=O)(OCC)C(F)(F)c1ccc2ccc(C(=O)O)nc2c1. The molecule has 0 atom stereocenters. The first-order valence-electron chi connectivity index (χ1n) is 7.16. The van der Waals surface area contributed by atoms with Crippen LogP contribution in [0.4, 0.5) is 8.78 Å². The number of carbonyl (C=O) groups is 1. The predicted octanol–water partition coefficient (Wildman–Crippen LogP) is 4.25. The van der Waals surface area contributed by atoms with Gasteiger partial charge in [0.2, 0.25) is 0 Å². The number of halogens is 2. The molecule has 0 amide bonds. The molecule has 0 unspecified atom stereocenters. The second-order valence-corrected chi connectivity index (χ2v) is 6.86. The molecule has 0 bridgehead atoms. The smallest absolute Gasteiger partial charge is 0.404 e. The molecular weight excluding hydrogens is 343 g/mol. The van der Waals surface area contributed by atoms with E-state index < -0.39 is 24.8 Å². The van der Waals surface area contributed by atoms with Gasteiger partial charge in [-0.2, -0.15) is 8.78 Å². The lowest BCUT2D eigenvalue weighted by Gasteiger charge is -2.26. The number of aromatic nitrogens is 1. The largest absolute Gasteiger partial charge is 0.477 e. The van der Waals surface area contributed by atoms with Crippen molar-refractivity contribution in [2.45, 2.75) is 19.5 Å². The van der Waals surface area contributed by atoms with Crippen LogP contribution in [0.2, 0.25) is 0 Å². The molecule has 0 aliphatic carbocycles. The second kappa shape index (κ2) is 6.93. The molecule has 0 saturated carbocycles. The van der Waals surface area contributed by atoms with E-state index in [1.54, 1.807) is 0 Å². The summed E-state index contributed by atoms with van der Waals surface area (Å²) < 4.78 is 51.3. The van der Waals surface area contributed by atoms with Crippen molar-refractivity contribution >= 4 is 24.5 Å². The Kier molecular flexibility index (Phi) is 5.32. The van der Waals surface area contributed by atoms with Crippen LogP contribution in [0.3, 0.4) is 0 Å². The molecule has 9 heteroatoms. The summed E-state index contributed by atoms with van der Waals surface area (Å²) in [5, 5.41) is 9.42. The molecule has 24 heavy (non-hydrogen) atoms. The number of pyridine rings is 1. The molecule has 1 aromatic carbocycles. The van der Waals surface area contributed by atoms with Gasteiger partial charge in [0.1, 0.15) is 5.69 Å². The molecule has 1 N–H and O–H groups in total. The molecule has 0 spiro atoms. The molecule has 0 radical (unpaired) electrons. The number of carboxylic acids is 1. The summed E-state index contributed by atoms with van der Waals surface area (Å²) in [4.78, 5) is 14.8. The van der Waals surface area contributed by atoms with E-state index in [0.717, 1.165) is 12.1 Å². The Morgan fingerprint density at radius 1 is 1.21 bits per heavy atom. The molecule has 1 aromatic heterocycles. The van der Waals surface area contributed by atoms with Crippen LogP contribution in [0.15, 0.2) is 30.3 Å². The molecule has 6 nitrogen and oxygen atoms in total. The lowest BCUT2D eigenvalue weighted by atomic mass is 10.1. The number of fused-ring (bicyclic) bond motifs is 1.